The molecule has 1 aromatic rings. The Morgan fingerprint density at radius 1 is 1.56 bits per heavy atom. The molecule has 0 aromatic carbocycles. The summed E-state index contributed by atoms with van der Waals surface area (Å²) in [4.78, 5) is 18.3. The van der Waals surface area contributed by atoms with Gasteiger partial charge in [-0.1, -0.05) is 6.07 Å². The second-order valence-electron chi connectivity index (χ2n) is 4.77. The van der Waals surface area contributed by atoms with Gasteiger partial charge >= 0.3 is 0 Å². The number of hydrogen-bond donors (Lipinski definition) is 1. The maximum atomic E-state index is 12.0. The molecule has 1 heterocycles. The number of aromatic nitrogens is 1. The van der Waals surface area contributed by atoms with E-state index in [-0.39, 0.29) is 11.9 Å². The molecule has 1 unspecified atom stereocenters. The van der Waals surface area contributed by atoms with Crippen molar-refractivity contribution in [3.63, 3.8) is 0 Å². The van der Waals surface area contributed by atoms with Gasteiger partial charge in [0, 0.05) is 24.8 Å². The van der Waals surface area contributed by atoms with Crippen LogP contribution in [0.1, 0.15) is 38.4 Å². The van der Waals surface area contributed by atoms with Crippen molar-refractivity contribution in [3.05, 3.63) is 30.1 Å². The number of rotatable bonds is 6. The van der Waals surface area contributed by atoms with Crippen LogP contribution in [0, 0.1) is 0 Å². The third-order valence-corrected chi connectivity index (χ3v) is 3.34. The van der Waals surface area contributed by atoms with Gasteiger partial charge in [-0.25, -0.2) is 0 Å². The van der Waals surface area contributed by atoms with Gasteiger partial charge in [0.15, 0.2) is 0 Å². The summed E-state index contributed by atoms with van der Waals surface area (Å²) in [6.07, 6.45) is 4.10. The fourth-order valence-electron chi connectivity index (χ4n) is 2.10. The molecule has 1 amide bonds. The molecule has 0 bridgehead atoms. The SMILES string of the molecule is CCN(C(=O)CNC(C)c1ccccn1)C1CC1. The van der Waals surface area contributed by atoms with Crippen LogP contribution in [0.4, 0.5) is 0 Å². The Bertz CT molecular complexity index is 389. The number of carbonyl (C=O) groups is 1. The van der Waals surface area contributed by atoms with E-state index in [1.54, 1.807) is 6.20 Å². The van der Waals surface area contributed by atoms with Gasteiger partial charge in [-0.2, -0.15) is 0 Å². The number of nitrogens with zero attached hydrogens (tertiary/aromatic N) is 2. The lowest BCUT2D eigenvalue weighted by Gasteiger charge is -2.22. The Morgan fingerprint density at radius 3 is 2.89 bits per heavy atom. The normalized spacial score (nSPS) is 16.3. The van der Waals surface area contributed by atoms with Crippen LogP contribution in [-0.2, 0) is 4.79 Å². The molecule has 1 fully saturated rings. The van der Waals surface area contributed by atoms with Crippen LogP contribution in [0.2, 0.25) is 0 Å². The summed E-state index contributed by atoms with van der Waals surface area (Å²) in [5.41, 5.74) is 0.972. The Kier molecular flexibility index (Phi) is 4.31. The molecule has 0 spiro atoms. The smallest absolute Gasteiger partial charge is 0.236 e. The Labute approximate surface area is 108 Å². The fraction of sp³-hybridized carbons (Fsp3) is 0.571. The molecule has 1 N–H and O–H groups in total. The molecule has 1 aliphatic carbocycles. The summed E-state index contributed by atoms with van der Waals surface area (Å²) in [7, 11) is 0. The zero-order valence-electron chi connectivity index (χ0n) is 11.1. The van der Waals surface area contributed by atoms with Gasteiger partial charge in [0.05, 0.1) is 12.2 Å². The van der Waals surface area contributed by atoms with Crippen molar-refractivity contribution in [2.45, 2.75) is 38.8 Å². The van der Waals surface area contributed by atoms with Gasteiger partial charge in [0.1, 0.15) is 0 Å². The van der Waals surface area contributed by atoms with Crippen molar-refractivity contribution in [2.75, 3.05) is 13.1 Å². The highest BCUT2D eigenvalue weighted by Crippen LogP contribution is 2.26. The summed E-state index contributed by atoms with van der Waals surface area (Å²) in [6.45, 7) is 5.27. The van der Waals surface area contributed by atoms with Gasteiger partial charge in [-0.05, 0) is 38.8 Å². The van der Waals surface area contributed by atoms with Crippen molar-refractivity contribution in [2.24, 2.45) is 0 Å². The van der Waals surface area contributed by atoms with Crippen LogP contribution in [0.3, 0.4) is 0 Å². The van der Waals surface area contributed by atoms with E-state index in [1.807, 2.05) is 36.9 Å². The standard InChI is InChI=1S/C14H21N3O/c1-3-17(12-7-8-12)14(18)10-16-11(2)13-6-4-5-9-15-13/h4-6,9,11-12,16H,3,7-8,10H2,1-2H3. The zero-order valence-corrected chi connectivity index (χ0v) is 11.1. The predicted molar refractivity (Wildman–Crippen MR) is 71.1 cm³/mol. The molecule has 0 saturated heterocycles. The molecule has 18 heavy (non-hydrogen) atoms. The van der Waals surface area contributed by atoms with Gasteiger partial charge in [0.25, 0.3) is 0 Å². The lowest BCUT2D eigenvalue weighted by Crippen LogP contribution is -2.40. The first-order valence-electron chi connectivity index (χ1n) is 6.66. The molecule has 1 atom stereocenters. The first-order chi connectivity index (χ1) is 8.72. The van der Waals surface area contributed by atoms with Crippen LogP contribution in [0.25, 0.3) is 0 Å². The fourth-order valence-corrected chi connectivity index (χ4v) is 2.10. The molecule has 2 rings (SSSR count). The lowest BCUT2D eigenvalue weighted by atomic mass is 10.2. The minimum absolute atomic E-state index is 0.105. The summed E-state index contributed by atoms with van der Waals surface area (Å²) < 4.78 is 0. The van der Waals surface area contributed by atoms with E-state index < -0.39 is 0 Å². The number of nitrogens with one attached hydrogen (secondary N) is 1. The van der Waals surface area contributed by atoms with Crippen LogP contribution < -0.4 is 5.32 Å². The quantitative estimate of drug-likeness (QED) is 0.833. The molecule has 1 saturated carbocycles. The summed E-state index contributed by atoms with van der Waals surface area (Å²) >= 11 is 0. The first-order valence-corrected chi connectivity index (χ1v) is 6.66. The first kappa shape index (κ1) is 13.0. The number of carbonyl (C=O) groups excluding carboxylic acids is 1. The molecule has 98 valence electrons. The van der Waals surface area contributed by atoms with Crippen LogP contribution in [0.15, 0.2) is 24.4 Å². The third kappa shape index (κ3) is 3.29. The highest BCUT2D eigenvalue weighted by molar-refractivity contribution is 5.78. The second kappa shape index (κ2) is 5.96. The van der Waals surface area contributed by atoms with Gasteiger partial charge in [0.2, 0.25) is 5.91 Å². The average molecular weight is 247 g/mol. The van der Waals surface area contributed by atoms with Crippen LogP contribution >= 0.6 is 0 Å². The van der Waals surface area contributed by atoms with E-state index in [0.29, 0.717) is 12.6 Å². The average Bonchev–Trinajstić information content (AvgIpc) is 3.22. The number of likely N-dealkylation sites (N-methyl/N-ethyl adjacent to an activating group) is 1. The Hall–Kier alpha value is -1.42. The van der Waals surface area contributed by atoms with E-state index in [1.165, 1.54) is 0 Å². The predicted octanol–water partition coefficient (Wildman–Crippen LogP) is 1.74. The molecular weight excluding hydrogens is 226 g/mol. The maximum absolute atomic E-state index is 12.0. The van der Waals surface area contributed by atoms with Crippen molar-refractivity contribution in [1.82, 2.24) is 15.2 Å². The monoisotopic (exact) mass is 247 g/mol. The summed E-state index contributed by atoms with van der Waals surface area (Å²) in [6, 6.07) is 6.43. The third-order valence-electron chi connectivity index (χ3n) is 3.34. The molecule has 1 aliphatic rings. The van der Waals surface area contributed by atoms with Crippen molar-refractivity contribution in [3.8, 4) is 0 Å². The number of hydrogen-bond acceptors (Lipinski definition) is 3. The Morgan fingerprint density at radius 2 is 2.33 bits per heavy atom. The number of pyridine rings is 1. The summed E-state index contributed by atoms with van der Waals surface area (Å²) in [5, 5.41) is 3.24. The second-order valence-corrected chi connectivity index (χ2v) is 4.77. The molecule has 0 aliphatic heterocycles. The zero-order chi connectivity index (χ0) is 13.0. The lowest BCUT2D eigenvalue weighted by molar-refractivity contribution is -0.130. The Balaban J connectivity index is 1.82. The number of amides is 1. The highest BCUT2D eigenvalue weighted by Gasteiger charge is 2.31. The minimum atomic E-state index is 0.105. The largest absolute Gasteiger partial charge is 0.339 e. The van der Waals surface area contributed by atoms with E-state index in [2.05, 4.69) is 10.3 Å². The van der Waals surface area contributed by atoms with Gasteiger partial charge in [-0.15, -0.1) is 0 Å². The van der Waals surface area contributed by atoms with E-state index >= 15 is 0 Å². The van der Waals surface area contributed by atoms with E-state index in [0.717, 1.165) is 25.1 Å². The van der Waals surface area contributed by atoms with Crippen molar-refractivity contribution in [1.29, 1.82) is 0 Å². The minimum Gasteiger partial charge on any atom is -0.339 e. The molecule has 0 radical (unpaired) electrons. The summed E-state index contributed by atoms with van der Waals surface area (Å²) in [5.74, 6) is 0.197. The van der Waals surface area contributed by atoms with Gasteiger partial charge in [-0.3, -0.25) is 9.78 Å². The van der Waals surface area contributed by atoms with Crippen molar-refractivity contribution < 1.29 is 4.79 Å². The van der Waals surface area contributed by atoms with Gasteiger partial charge < -0.3 is 10.2 Å². The van der Waals surface area contributed by atoms with Crippen LogP contribution in [-0.4, -0.2) is 34.9 Å². The highest BCUT2D eigenvalue weighted by atomic mass is 16.2. The van der Waals surface area contributed by atoms with E-state index in [9.17, 15) is 4.79 Å². The molecule has 4 nitrogen and oxygen atoms in total. The topological polar surface area (TPSA) is 45.2 Å². The van der Waals surface area contributed by atoms with Crippen molar-refractivity contribution >= 4 is 5.91 Å². The van der Waals surface area contributed by atoms with Crippen LogP contribution in [0.5, 0.6) is 0 Å². The molecule has 4 heteroatoms. The maximum Gasteiger partial charge on any atom is 0.236 e. The van der Waals surface area contributed by atoms with E-state index in [4.69, 9.17) is 0 Å². The molecule has 1 aromatic heterocycles. The molecular formula is C14H21N3O.